The van der Waals surface area contributed by atoms with Crippen LogP contribution in [0.3, 0.4) is 0 Å². The van der Waals surface area contributed by atoms with Crippen molar-refractivity contribution in [3.05, 3.63) is 90.0 Å². The second kappa shape index (κ2) is 11.1. The summed E-state index contributed by atoms with van der Waals surface area (Å²) in [5.41, 5.74) is 4.28. The number of rotatable bonds is 8. The summed E-state index contributed by atoms with van der Waals surface area (Å²) in [6.07, 6.45) is 0. The maximum Gasteiger partial charge on any atom is 0.251 e. The Hall–Kier alpha value is -3.51. The molecular formula is C28H34N4O2. The van der Waals surface area contributed by atoms with Gasteiger partial charge in [-0.05, 0) is 54.1 Å². The van der Waals surface area contributed by atoms with Crippen molar-refractivity contribution in [3.63, 3.8) is 0 Å². The standard InChI is InChI=1S/C28H34N4O2/c1-30(2)24-13-9-22(10-14-24)27(21-29-28(33)23-11-15-26(34-3)16-12-23)32-19-17-31(18-20-32)25-7-5-4-6-8-25/h4-16,27H,17-21H2,1-3H3,(H,29,33)/t27-/m0/s1. The molecule has 0 spiro atoms. The van der Waals surface area contributed by atoms with E-state index in [1.54, 1.807) is 19.2 Å². The first-order valence-corrected chi connectivity index (χ1v) is 11.8. The number of hydrogen-bond donors (Lipinski definition) is 1. The van der Waals surface area contributed by atoms with Gasteiger partial charge >= 0.3 is 0 Å². The van der Waals surface area contributed by atoms with Crippen LogP contribution in [0.4, 0.5) is 11.4 Å². The van der Waals surface area contributed by atoms with E-state index in [0.717, 1.165) is 31.9 Å². The molecule has 1 heterocycles. The molecule has 178 valence electrons. The van der Waals surface area contributed by atoms with Crippen molar-refractivity contribution in [2.24, 2.45) is 0 Å². The van der Waals surface area contributed by atoms with E-state index < -0.39 is 0 Å². The molecule has 0 bridgehead atoms. The van der Waals surface area contributed by atoms with Gasteiger partial charge in [-0.1, -0.05) is 30.3 Å². The van der Waals surface area contributed by atoms with Gasteiger partial charge in [0.05, 0.1) is 13.2 Å². The number of anilines is 2. The van der Waals surface area contributed by atoms with Crippen LogP contribution in [0.2, 0.25) is 0 Å². The van der Waals surface area contributed by atoms with Crippen LogP contribution in [0.15, 0.2) is 78.9 Å². The van der Waals surface area contributed by atoms with Crippen LogP contribution >= 0.6 is 0 Å². The fourth-order valence-electron chi connectivity index (χ4n) is 4.42. The van der Waals surface area contributed by atoms with Crippen LogP contribution in [0.5, 0.6) is 5.75 Å². The number of nitrogens with zero attached hydrogens (tertiary/aromatic N) is 3. The summed E-state index contributed by atoms with van der Waals surface area (Å²) in [4.78, 5) is 19.9. The molecule has 6 nitrogen and oxygen atoms in total. The molecule has 3 aromatic rings. The lowest BCUT2D eigenvalue weighted by Crippen LogP contribution is -2.50. The molecule has 6 heteroatoms. The zero-order valence-corrected chi connectivity index (χ0v) is 20.3. The molecule has 1 amide bonds. The molecular weight excluding hydrogens is 424 g/mol. The number of hydrogen-bond acceptors (Lipinski definition) is 5. The van der Waals surface area contributed by atoms with Crippen molar-refractivity contribution < 1.29 is 9.53 Å². The third-order valence-electron chi connectivity index (χ3n) is 6.48. The molecule has 1 aliphatic heterocycles. The van der Waals surface area contributed by atoms with E-state index in [1.165, 1.54) is 16.9 Å². The van der Waals surface area contributed by atoms with Crippen molar-refractivity contribution in [3.8, 4) is 5.75 Å². The van der Waals surface area contributed by atoms with Crippen molar-refractivity contribution in [2.45, 2.75) is 6.04 Å². The molecule has 0 saturated carbocycles. The van der Waals surface area contributed by atoms with Gasteiger partial charge in [-0.3, -0.25) is 9.69 Å². The highest BCUT2D eigenvalue weighted by Crippen LogP contribution is 2.26. The first kappa shape index (κ1) is 23.6. The first-order chi connectivity index (χ1) is 16.5. The number of methoxy groups -OCH3 is 1. The predicted octanol–water partition coefficient (Wildman–Crippen LogP) is 4.05. The normalized spacial score (nSPS) is 15.0. The van der Waals surface area contributed by atoms with E-state index in [1.807, 2.05) is 26.2 Å². The average molecular weight is 459 g/mol. The van der Waals surface area contributed by atoms with Crippen LogP contribution in [0.1, 0.15) is 22.0 Å². The Labute approximate surface area is 202 Å². The van der Waals surface area contributed by atoms with E-state index in [-0.39, 0.29) is 11.9 Å². The fourth-order valence-corrected chi connectivity index (χ4v) is 4.42. The Morgan fingerprint density at radius 3 is 2.15 bits per heavy atom. The van der Waals surface area contributed by atoms with Crippen LogP contribution in [-0.4, -0.2) is 64.7 Å². The molecule has 4 rings (SSSR count). The molecule has 0 aliphatic carbocycles. The predicted molar refractivity (Wildman–Crippen MR) is 139 cm³/mol. The Bertz CT molecular complexity index is 1040. The lowest BCUT2D eigenvalue weighted by molar-refractivity contribution is 0.0930. The third kappa shape index (κ3) is 5.69. The number of carbonyl (C=O) groups is 1. The van der Waals surface area contributed by atoms with E-state index in [2.05, 4.69) is 74.6 Å². The summed E-state index contributed by atoms with van der Waals surface area (Å²) in [7, 11) is 5.72. The SMILES string of the molecule is COc1ccc(C(=O)NC[C@@H](c2ccc(N(C)C)cc2)N2CCN(c3ccccc3)CC2)cc1. The maximum absolute atomic E-state index is 12.9. The minimum absolute atomic E-state index is 0.0690. The zero-order valence-electron chi connectivity index (χ0n) is 20.3. The summed E-state index contributed by atoms with van der Waals surface area (Å²) in [5, 5.41) is 3.17. The van der Waals surface area contributed by atoms with Gasteiger partial charge in [-0.25, -0.2) is 0 Å². The van der Waals surface area contributed by atoms with E-state index in [4.69, 9.17) is 4.74 Å². The van der Waals surface area contributed by atoms with Gasteiger partial charge in [0.2, 0.25) is 0 Å². The Morgan fingerprint density at radius 2 is 1.56 bits per heavy atom. The van der Waals surface area contributed by atoms with E-state index >= 15 is 0 Å². The molecule has 1 N–H and O–H groups in total. The number of para-hydroxylation sites is 1. The molecule has 0 radical (unpaired) electrons. The lowest BCUT2D eigenvalue weighted by Gasteiger charge is -2.40. The molecule has 1 aliphatic rings. The number of amides is 1. The van der Waals surface area contributed by atoms with Crippen LogP contribution in [-0.2, 0) is 0 Å². The van der Waals surface area contributed by atoms with Crippen molar-refractivity contribution in [2.75, 3.05) is 63.7 Å². The maximum atomic E-state index is 12.9. The highest BCUT2D eigenvalue weighted by molar-refractivity contribution is 5.94. The molecule has 0 aromatic heterocycles. The van der Waals surface area contributed by atoms with Crippen molar-refractivity contribution >= 4 is 17.3 Å². The first-order valence-electron chi connectivity index (χ1n) is 11.8. The number of piperazine rings is 1. The van der Waals surface area contributed by atoms with Gasteiger partial charge in [-0.15, -0.1) is 0 Å². The zero-order chi connectivity index (χ0) is 23.9. The minimum Gasteiger partial charge on any atom is -0.497 e. The molecule has 1 saturated heterocycles. The molecule has 0 unspecified atom stereocenters. The highest BCUT2D eigenvalue weighted by Gasteiger charge is 2.26. The molecule has 3 aromatic carbocycles. The topological polar surface area (TPSA) is 48.1 Å². The van der Waals surface area contributed by atoms with Gasteiger partial charge in [0, 0.05) is 63.8 Å². The number of ether oxygens (including phenoxy) is 1. The summed E-state index contributed by atoms with van der Waals surface area (Å²) in [6, 6.07) is 26.6. The van der Waals surface area contributed by atoms with Gasteiger partial charge < -0.3 is 19.9 Å². The second-order valence-corrected chi connectivity index (χ2v) is 8.80. The van der Waals surface area contributed by atoms with Crippen LogP contribution < -0.4 is 19.9 Å². The Balaban J connectivity index is 1.47. The van der Waals surface area contributed by atoms with Crippen LogP contribution in [0, 0.1) is 0 Å². The number of benzene rings is 3. The Morgan fingerprint density at radius 1 is 0.912 bits per heavy atom. The largest absolute Gasteiger partial charge is 0.497 e. The van der Waals surface area contributed by atoms with Crippen molar-refractivity contribution in [1.29, 1.82) is 0 Å². The van der Waals surface area contributed by atoms with Crippen LogP contribution in [0.25, 0.3) is 0 Å². The third-order valence-corrected chi connectivity index (χ3v) is 6.48. The summed E-state index contributed by atoms with van der Waals surface area (Å²) in [6.45, 7) is 4.35. The summed E-state index contributed by atoms with van der Waals surface area (Å²) < 4.78 is 5.21. The lowest BCUT2D eigenvalue weighted by atomic mass is 10.0. The summed E-state index contributed by atoms with van der Waals surface area (Å²) >= 11 is 0. The van der Waals surface area contributed by atoms with Crippen molar-refractivity contribution in [1.82, 2.24) is 10.2 Å². The van der Waals surface area contributed by atoms with E-state index in [9.17, 15) is 4.79 Å². The average Bonchev–Trinajstić information content (AvgIpc) is 2.90. The Kier molecular flexibility index (Phi) is 7.70. The van der Waals surface area contributed by atoms with E-state index in [0.29, 0.717) is 12.1 Å². The van der Waals surface area contributed by atoms with Gasteiger partial charge in [-0.2, -0.15) is 0 Å². The molecule has 1 fully saturated rings. The van der Waals surface area contributed by atoms with Gasteiger partial charge in [0.1, 0.15) is 5.75 Å². The second-order valence-electron chi connectivity index (χ2n) is 8.80. The highest BCUT2D eigenvalue weighted by atomic mass is 16.5. The molecule has 34 heavy (non-hydrogen) atoms. The quantitative estimate of drug-likeness (QED) is 0.552. The number of carbonyl (C=O) groups excluding carboxylic acids is 1. The molecule has 1 atom stereocenters. The fraction of sp³-hybridized carbons (Fsp3) is 0.321. The van der Waals surface area contributed by atoms with Gasteiger partial charge in [0.15, 0.2) is 0 Å². The monoisotopic (exact) mass is 458 g/mol. The summed E-state index contributed by atoms with van der Waals surface area (Å²) in [5.74, 6) is 0.673. The smallest absolute Gasteiger partial charge is 0.251 e. The minimum atomic E-state index is -0.0690. The number of nitrogens with one attached hydrogen (secondary N) is 1. The van der Waals surface area contributed by atoms with Gasteiger partial charge in [0.25, 0.3) is 5.91 Å².